The Hall–Kier alpha value is -2.15. The van der Waals surface area contributed by atoms with Gasteiger partial charge in [-0.3, -0.25) is 13.9 Å². The van der Waals surface area contributed by atoms with E-state index in [1.165, 1.54) is 10.5 Å². The third kappa shape index (κ3) is 2.57. The minimum Gasteiger partial charge on any atom is -0.338 e. The van der Waals surface area contributed by atoms with Crippen molar-refractivity contribution in [1.29, 1.82) is 0 Å². The number of aryl methyl sites for hydroxylation is 3. The number of nitrogens with zero attached hydrogens (tertiary/aromatic N) is 5. The Morgan fingerprint density at radius 2 is 2.12 bits per heavy atom. The summed E-state index contributed by atoms with van der Waals surface area (Å²) >= 11 is 1.75. The van der Waals surface area contributed by atoms with Gasteiger partial charge in [0.25, 0.3) is 5.91 Å². The molecule has 1 saturated heterocycles. The van der Waals surface area contributed by atoms with Gasteiger partial charge in [0.05, 0.1) is 17.5 Å². The van der Waals surface area contributed by atoms with E-state index in [2.05, 4.69) is 28.7 Å². The molecular formula is C18H23N5OS. The Balaban J connectivity index is 1.62. The normalized spacial score (nSPS) is 18.2. The minimum absolute atomic E-state index is 0.0878. The summed E-state index contributed by atoms with van der Waals surface area (Å²) < 4.78 is 3.98. The molecule has 1 aliphatic heterocycles. The smallest absolute Gasteiger partial charge is 0.257 e. The van der Waals surface area contributed by atoms with Gasteiger partial charge in [-0.05, 0) is 33.6 Å². The molecule has 4 rings (SSSR count). The lowest BCUT2D eigenvalue weighted by atomic mass is 9.94. The molecule has 132 valence electrons. The first kappa shape index (κ1) is 16.3. The quantitative estimate of drug-likeness (QED) is 0.708. The second-order valence-electron chi connectivity index (χ2n) is 6.92. The van der Waals surface area contributed by atoms with Gasteiger partial charge < -0.3 is 4.90 Å². The monoisotopic (exact) mass is 357 g/mol. The lowest BCUT2D eigenvalue weighted by Crippen LogP contribution is -2.39. The van der Waals surface area contributed by atoms with Gasteiger partial charge in [0.1, 0.15) is 10.7 Å². The lowest BCUT2D eigenvalue weighted by Gasteiger charge is -2.32. The van der Waals surface area contributed by atoms with Crippen molar-refractivity contribution in [3.63, 3.8) is 0 Å². The SMILES string of the molecule is Cc1c(C(=O)N2CCC[C@H](c3nc(C)n4c(C)csc34)C2)cnn1C. The Bertz CT molecular complexity index is 950. The van der Waals surface area contributed by atoms with Crippen LogP contribution in [0.2, 0.25) is 0 Å². The molecule has 1 atom stereocenters. The fraction of sp³-hybridized carbons (Fsp3) is 0.500. The third-order valence-electron chi connectivity index (χ3n) is 5.28. The predicted octanol–water partition coefficient (Wildman–Crippen LogP) is 3.07. The number of hydrogen-bond donors (Lipinski definition) is 0. The summed E-state index contributed by atoms with van der Waals surface area (Å²) in [5.41, 5.74) is 4.00. The molecule has 3 aromatic heterocycles. The number of hydrogen-bond acceptors (Lipinski definition) is 4. The molecule has 4 heterocycles. The average molecular weight is 357 g/mol. The van der Waals surface area contributed by atoms with E-state index >= 15 is 0 Å². The predicted molar refractivity (Wildman–Crippen MR) is 98.4 cm³/mol. The highest BCUT2D eigenvalue weighted by Gasteiger charge is 2.30. The number of piperidine rings is 1. The van der Waals surface area contributed by atoms with Crippen LogP contribution in [0.15, 0.2) is 11.6 Å². The molecule has 7 heteroatoms. The fourth-order valence-electron chi connectivity index (χ4n) is 3.79. The van der Waals surface area contributed by atoms with Gasteiger partial charge in [-0.2, -0.15) is 5.10 Å². The molecular weight excluding hydrogens is 334 g/mol. The minimum atomic E-state index is 0.0878. The van der Waals surface area contributed by atoms with E-state index in [0.29, 0.717) is 11.5 Å². The number of likely N-dealkylation sites (tertiary alicyclic amines) is 1. The lowest BCUT2D eigenvalue weighted by molar-refractivity contribution is 0.0705. The number of aromatic nitrogens is 4. The molecule has 0 bridgehead atoms. The largest absolute Gasteiger partial charge is 0.338 e. The van der Waals surface area contributed by atoms with Crippen LogP contribution in [0, 0.1) is 20.8 Å². The first-order valence-corrected chi connectivity index (χ1v) is 9.56. The van der Waals surface area contributed by atoms with Crippen LogP contribution in [-0.4, -0.2) is 43.1 Å². The van der Waals surface area contributed by atoms with Crippen molar-refractivity contribution in [3.8, 4) is 0 Å². The van der Waals surface area contributed by atoms with Gasteiger partial charge in [0, 0.05) is 42.8 Å². The van der Waals surface area contributed by atoms with Crippen LogP contribution in [-0.2, 0) is 7.05 Å². The summed E-state index contributed by atoms with van der Waals surface area (Å²) in [6.45, 7) is 7.66. The molecule has 1 aliphatic rings. The first-order valence-electron chi connectivity index (χ1n) is 8.68. The Labute approximate surface area is 151 Å². The van der Waals surface area contributed by atoms with Gasteiger partial charge in [-0.1, -0.05) is 0 Å². The highest BCUT2D eigenvalue weighted by Crippen LogP contribution is 2.33. The number of thiazole rings is 1. The van der Waals surface area contributed by atoms with E-state index < -0.39 is 0 Å². The molecule has 3 aromatic rings. The van der Waals surface area contributed by atoms with Gasteiger partial charge in [0.15, 0.2) is 0 Å². The van der Waals surface area contributed by atoms with Crippen LogP contribution in [0.4, 0.5) is 0 Å². The summed E-state index contributed by atoms with van der Waals surface area (Å²) in [4.78, 5) is 21.0. The topological polar surface area (TPSA) is 55.4 Å². The Morgan fingerprint density at radius 1 is 1.32 bits per heavy atom. The summed E-state index contributed by atoms with van der Waals surface area (Å²) in [5.74, 6) is 1.43. The summed E-state index contributed by atoms with van der Waals surface area (Å²) in [6.07, 6.45) is 3.78. The van der Waals surface area contributed by atoms with Crippen LogP contribution in [0.1, 0.15) is 52.0 Å². The van der Waals surface area contributed by atoms with Crippen molar-refractivity contribution in [1.82, 2.24) is 24.1 Å². The summed E-state index contributed by atoms with van der Waals surface area (Å²) in [7, 11) is 1.87. The van der Waals surface area contributed by atoms with Gasteiger partial charge in [-0.25, -0.2) is 4.98 Å². The van der Waals surface area contributed by atoms with Crippen molar-refractivity contribution in [2.45, 2.75) is 39.5 Å². The number of imidazole rings is 1. The fourth-order valence-corrected chi connectivity index (χ4v) is 4.89. The van der Waals surface area contributed by atoms with Crippen LogP contribution in [0.5, 0.6) is 0 Å². The second kappa shape index (κ2) is 5.98. The van der Waals surface area contributed by atoms with Crippen LogP contribution in [0.25, 0.3) is 4.83 Å². The van der Waals surface area contributed by atoms with Gasteiger partial charge in [0.2, 0.25) is 0 Å². The molecule has 1 amide bonds. The second-order valence-corrected chi connectivity index (χ2v) is 7.78. The number of fused-ring (bicyclic) bond motifs is 1. The highest BCUT2D eigenvalue weighted by molar-refractivity contribution is 7.15. The van der Waals surface area contributed by atoms with E-state index in [1.54, 1.807) is 22.2 Å². The van der Waals surface area contributed by atoms with Crippen LogP contribution >= 0.6 is 11.3 Å². The number of amides is 1. The molecule has 0 unspecified atom stereocenters. The molecule has 25 heavy (non-hydrogen) atoms. The van der Waals surface area contributed by atoms with Crippen LogP contribution < -0.4 is 0 Å². The third-order valence-corrected chi connectivity index (χ3v) is 6.36. The maximum Gasteiger partial charge on any atom is 0.257 e. The van der Waals surface area contributed by atoms with Crippen molar-refractivity contribution in [3.05, 3.63) is 40.0 Å². The molecule has 0 radical (unpaired) electrons. The van der Waals surface area contributed by atoms with E-state index in [1.807, 2.05) is 18.9 Å². The van der Waals surface area contributed by atoms with E-state index in [4.69, 9.17) is 4.98 Å². The Kier molecular flexibility index (Phi) is 3.91. The van der Waals surface area contributed by atoms with E-state index in [9.17, 15) is 4.79 Å². The zero-order chi connectivity index (χ0) is 17.7. The van der Waals surface area contributed by atoms with Crippen LogP contribution in [0.3, 0.4) is 0 Å². The summed E-state index contributed by atoms with van der Waals surface area (Å²) in [5, 5.41) is 6.39. The molecule has 0 aromatic carbocycles. The maximum absolute atomic E-state index is 12.9. The standard InChI is InChI=1S/C18H23N5OS/c1-11-10-25-18-16(20-13(3)23(11)18)14-6-5-7-22(9-14)17(24)15-8-19-21(4)12(15)2/h8,10,14H,5-7,9H2,1-4H3/t14-/m0/s1. The first-order chi connectivity index (χ1) is 12.0. The highest BCUT2D eigenvalue weighted by atomic mass is 32.1. The molecule has 0 aliphatic carbocycles. The van der Waals surface area contributed by atoms with Crippen molar-refractivity contribution in [2.75, 3.05) is 13.1 Å². The zero-order valence-corrected chi connectivity index (χ0v) is 15.9. The molecule has 0 N–H and O–H groups in total. The average Bonchev–Trinajstić information content (AvgIpc) is 3.25. The van der Waals surface area contributed by atoms with Gasteiger partial charge >= 0.3 is 0 Å². The zero-order valence-electron chi connectivity index (χ0n) is 15.1. The van der Waals surface area contributed by atoms with Gasteiger partial charge in [-0.15, -0.1) is 11.3 Å². The van der Waals surface area contributed by atoms with Crippen molar-refractivity contribution < 1.29 is 4.79 Å². The van der Waals surface area contributed by atoms with E-state index in [-0.39, 0.29) is 5.91 Å². The van der Waals surface area contributed by atoms with E-state index in [0.717, 1.165) is 43.1 Å². The van der Waals surface area contributed by atoms with Crippen molar-refractivity contribution >= 4 is 22.1 Å². The number of carbonyl (C=O) groups excluding carboxylic acids is 1. The Morgan fingerprint density at radius 3 is 2.84 bits per heavy atom. The number of carbonyl (C=O) groups is 1. The summed E-state index contributed by atoms with van der Waals surface area (Å²) in [6, 6.07) is 0. The number of rotatable bonds is 2. The molecule has 0 spiro atoms. The molecule has 1 fully saturated rings. The molecule has 6 nitrogen and oxygen atoms in total. The molecule has 0 saturated carbocycles. The maximum atomic E-state index is 12.9. The van der Waals surface area contributed by atoms with Crippen molar-refractivity contribution in [2.24, 2.45) is 7.05 Å².